The van der Waals surface area contributed by atoms with Crippen molar-refractivity contribution in [3.05, 3.63) is 0 Å². The Morgan fingerprint density at radius 2 is 1.53 bits per heavy atom. The zero-order valence-electron chi connectivity index (χ0n) is 11.6. The van der Waals surface area contributed by atoms with Crippen molar-refractivity contribution in [2.24, 2.45) is 0 Å². The van der Waals surface area contributed by atoms with E-state index >= 15 is 0 Å². The summed E-state index contributed by atoms with van der Waals surface area (Å²) in [7, 11) is 0. The van der Waals surface area contributed by atoms with Crippen LogP contribution in [0.2, 0.25) is 0 Å². The van der Waals surface area contributed by atoms with Gasteiger partial charge in [0, 0.05) is 6.54 Å². The number of unbranched alkanes of at least 4 members (excludes halogenated alkanes) is 6. The van der Waals surface area contributed by atoms with Crippen molar-refractivity contribution in [1.29, 1.82) is 0 Å². The Balaban J connectivity index is 0. The van der Waals surface area contributed by atoms with Crippen LogP contribution in [0, 0.1) is 0 Å². The van der Waals surface area contributed by atoms with E-state index in [4.69, 9.17) is 17.0 Å². The van der Waals surface area contributed by atoms with Crippen LogP contribution in [0.15, 0.2) is 0 Å². The third-order valence-corrected chi connectivity index (χ3v) is 2.79. The lowest BCUT2D eigenvalue weighted by Crippen LogP contribution is -2.25. The molecule has 104 valence electrons. The summed E-state index contributed by atoms with van der Waals surface area (Å²) in [4.78, 5) is 0. The average Bonchev–Trinajstić information content (AvgIpc) is 2.28. The van der Waals surface area contributed by atoms with Crippen LogP contribution in [0.4, 0.5) is 0 Å². The molecule has 0 bridgehead atoms. The maximum Gasteiger partial charge on any atom is 0.256 e. The van der Waals surface area contributed by atoms with Crippen molar-refractivity contribution in [2.45, 2.75) is 65.2 Å². The van der Waals surface area contributed by atoms with E-state index in [1.165, 1.54) is 44.9 Å². The van der Waals surface area contributed by atoms with Crippen LogP contribution in [-0.4, -0.2) is 18.3 Å². The zero-order valence-corrected chi connectivity index (χ0v) is 12.4. The predicted molar refractivity (Wildman–Crippen MR) is 79.9 cm³/mol. The van der Waals surface area contributed by atoms with Gasteiger partial charge in [-0.05, 0) is 25.1 Å². The van der Waals surface area contributed by atoms with Crippen LogP contribution >= 0.6 is 12.2 Å². The van der Waals surface area contributed by atoms with E-state index in [-0.39, 0.29) is 6.15 Å². The number of ether oxygens (including phenoxy) is 1. The maximum absolute atomic E-state index is 5.42. The van der Waals surface area contributed by atoms with Crippen LogP contribution in [0.5, 0.6) is 0 Å². The third-order valence-electron chi connectivity index (χ3n) is 2.53. The first kappa shape index (κ1) is 19.0. The van der Waals surface area contributed by atoms with Crippen LogP contribution < -0.4 is 11.5 Å². The van der Waals surface area contributed by atoms with E-state index < -0.39 is 0 Å². The second kappa shape index (κ2) is 15.6. The Labute approximate surface area is 112 Å². The average molecular weight is 262 g/mol. The standard InChI is InChI=1S/C13H27NOS.H3N/c1-3-5-7-9-11-14-13(16)15-12-10-8-6-4-2;/h3-12H2,1-2H3,(H,14,16);1H3. The van der Waals surface area contributed by atoms with Crippen molar-refractivity contribution in [1.82, 2.24) is 11.5 Å². The van der Waals surface area contributed by atoms with E-state index in [1.54, 1.807) is 0 Å². The Hall–Kier alpha value is -0.350. The van der Waals surface area contributed by atoms with Gasteiger partial charge in [-0.2, -0.15) is 0 Å². The van der Waals surface area contributed by atoms with Gasteiger partial charge in [-0.15, -0.1) is 0 Å². The molecule has 0 aromatic rings. The molecule has 4 heteroatoms. The molecule has 0 aliphatic carbocycles. The molecule has 0 fully saturated rings. The fourth-order valence-electron chi connectivity index (χ4n) is 1.49. The van der Waals surface area contributed by atoms with Gasteiger partial charge in [-0.25, -0.2) is 0 Å². The Kier molecular flexibility index (Phi) is 17.5. The summed E-state index contributed by atoms with van der Waals surface area (Å²) in [5.74, 6) is 0. The summed E-state index contributed by atoms with van der Waals surface area (Å²) in [6, 6.07) is 0. The summed E-state index contributed by atoms with van der Waals surface area (Å²) in [5.41, 5.74) is 0. The largest absolute Gasteiger partial charge is 0.471 e. The number of nitrogens with one attached hydrogen (secondary N) is 1. The summed E-state index contributed by atoms with van der Waals surface area (Å²) >= 11 is 5.08. The van der Waals surface area contributed by atoms with Gasteiger partial charge in [0.2, 0.25) is 0 Å². The number of thiocarbonyl (C=S) groups is 1. The van der Waals surface area contributed by atoms with Gasteiger partial charge in [0.1, 0.15) is 0 Å². The molecule has 0 atom stereocenters. The minimum atomic E-state index is 0. The monoisotopic (exact) mass is 262 g/mol. The van der Waals surface area contributed by atoms with Gasteiger partial charge in [-0.1, -0.05) is 52.4 Å². The van der Waals surface area contributed by atoms with Crippen LogP contribution in [0.25, 0.3) is 0 Å². The van der Waals surface area contributed by atoms with Crippen molar-refractivity contribution in [3.8, 4) is 0 Å². The first-order chi connectivity index (χ1) is 7.81. The highest BCUT2D eigenvalue weighted by atomic mass is 32.1. The Morgan fingerprint density at radius 3 is 2.12 bits per heavy atom. The topological polar surface area (TPSA) is 56.3 Å². The van der Waals surface area contributed by atoms with Gasteiger partial charge < -0.3 is 16.2 Å². The molecule has 0 aromatic heterocycles. The molecule has 0 heterocycles. The molecule has 0 saturated carbocycles. The lowest BCUT2D eigenvalue weighted by molar-refractivity contribution is 0.287. The van der Waals surface area contributed by atoms with Gasteiger partial charge in [0.05, 0.1) is 6.61 Å². The zero-order chi connectivity index (χ0) is 12.1. The second-order valence-corrected chi connectivity index (χ2v) is 4.55. The van der Waals surface area contributed by atoms with E-state index in [0.717, 1.165) is 19.6 Å². The maximum atomic E-state index is 5.42. The highest BCUT2D eigenvalue weighted by Gasteiger charge is 1.96. The van der Waals surface area contributed by atoms with Crippen molar-refractivity contribution in [3.63, 3.8) is 0 Å². The number of hydrogen-bond donors (Lipinski definition) is 2. The molecule has 0 rings (SSSR count). The Morgan fingerprint density at radius 1 is 0.941 bits per heavy atom. The fourth-order valence-corrected chi connectivity index (χ4v) is 1.67. The van der Waals surface area contributed by atoms with E-state index in [9.17, 15) is 0 Å². The summed E-state index contributed by atoms with van der Waals surface area (Å²) in [5, 5.41) is 3.72. The SMILES string of the molecule is CCCCCCNC(=S)OCCCCCC.N. The van der Waals surface area contributed by atoms with E-state index in [2.05, 4.69) is 19.2 Å². The molecule has 17 heavy (non-hydrogen) atoms. The number of rotatable bonds is 10. The molecular formula is C13H30N2OS. The molecule has 0 aromatic carbocycles. The van der Waals surface area contributed by atoms with Gasteiger partial charge in [-0.3, -0.25) is 0 Å². The van der Waals surface area contributed by atoms with Crippen molar-refractivity contribution >= 4 is 17.4 Å². The van der Waals surface area contributed by atoms with Gasteiger partial charge in [0.25, 0.3) is 5.17 Å². The molecule has 0 aliphatic rings. The molecule has 0 radical (unpaired) electrons. The first-order valence-corrected chi connectivity index (χ1v) is 7.12. The fraction of sp³-hybridized carbons (Fsp3) is 0.923. The van der Waals surface area contributed by atoms with Crippen LogP contribution in [0.3, 0.4) is 0 Å². The minimum absolute atomic E-state index is 0. The molecule has 0 aliphatic heterocycles. The quantitative estimate of drug-likeness (QED) is 0.457. The van der Waals surface area contributed by atoms with Crippen LogP contribution in [-0.2, 0) is 4.74 Å². The van der Waals surface area contributed by atoms with E-state index in [0.29, 0.717) is 5.17 Å². The Bertz CT molecular complexity index is 149. The molecule has 0 spiro atoms. The first-order valence-electron chi connectivity index (χ1n) is 6.71. The molecule has 0 saturated heterocycles. The molecule has 3 nitrogen and oxygen atoms in total. The van der Waals surface area contributed by atoms with Crippen LogP contribution in [0.1, 0.15) is 65.2 Å². The summed E-state index contributed by atoms with van der Waals surface area (Å²) in [6.07, 6.45) is 9.97. The highest BCUT2D eigenvalue weighted by Crippen LogP contribution is 1.99. The normalized spacial score (nSPS) is 9.53. The smallest absolute Gasteiger partial charge is 0.256 e. The minimum Gasteiger partial charge on any atom is -0.471 e. The van der Waals surface area contributed by atoms with Crippen molar-refractivity contribution < 1.29 is 4.74 Å². The van der Waals surface area contributed by atoms with Gasteiger partial charge in [0.15, 0.2) is 0 Å². The molecule has 4 N–H and O–H groups in total. The van der Waals surface area contributed by atoms with Gasteiger partial charge >= 0.3 is 0 Å². The third kappa shape index (κ3) is 15.6. The van der Waals surface area contributed by atoms with Crippen molar-refractivity contribution in [2.75, 3.05) is 13.2 Å². The molecule has 0 amide bonds. The highest BCUT2D eigenvalue weighted by molar-refractivity contribution is 7.80. The predicted octanol–water partition coefficient (Wildman–Crippen LogP) is 4.20. The summed E-state index contributed by atoms with van der Waals surface area (Å²) in [6.45, 7) is 6.15. The lowest BCUT2D eigenvalue weighted by atomic mass is 10.2. The molecule has 0 unspecified atom stereocenters. The molecular weight excluding hydrogens is 232 g/mol. The number of hydrogen-bond acceptors (Lipinski definition) is 3. The van der Waals surface area contributed by atoms with E-state index in [1.807, 2.05) is 0 Å². The lowest BCUT2D eigenvalue weighted by Gasteiger charge is -2.09. The second-order valence-electron chi connectivity index (χ2n) is 4.18. The summed E-state index contributed by atoms with van der Waals surface area (Å²) < 4.78 is 5.42.